The Bertz CT molecular complexity index is 647. The van der Waals surface area contributed by atoms with Crippen LogP contribution < -0.4 is 16.1 Å². The fourth-order valence-corrected chi connectivity index (χ4v) is 2.83. The predicted molar refractivity (Wildman–Crippen MR) is 94.7 cm³/mol. The molecule has 1 saturated heterocycles. The zero-order valence-electron chi connectivity index (χ0n) is 15.1. The van der Waals surface area contributed by atoms with E-state index in [1.54, 1.807) is 14.2 Å². The number of ether oxygens (including phenoxy) is 1. The highest BCUT2D eigenvalue weighted by Gasteiger charge is 2.31. The van der Waals surface area contributed by atoms with E-state index in [4.69, 9.17) is 14.0 Å². The summed E-state index contributed by atoms with van der Waals surface area (Å²) in [6, 6.07) is 5.89. The van der Waals surface area contributed by atoms with Crippen molar-refractivity contribution in [3.63, 3.8) is 0 Å². The van der Waals surface area contributed by atoms with E-state index in [-0.39, 0.29) is 18.2 Å². The molecule has 0 saturated carbocycles. The van der Waals surface area contributed by atoms with Crippen LogP contribution in [0.15, 0.2) is 24.3 Å². The van der Waals surface area contributed by atoms with Crippen molar-refractivity contribution < 1.29 is 28.4 Å². The minimum Gasteiger partial charge on any atom is -0.467 e. The molecule has 0 aromatic heterocycles. The normalized spacial score (nSPS) is 17.3. The van der Waals surface area contributed by atoms with Gasteiger partial charge in [-0.15, -0.1) is 0 Å². The van der Waals surface area contributed by atoms with E-state index in [0.717, 1.165) is 11.0 Å². The second kappa shape index (κ2) is 9.35. The highest BCUT2D eigenvalue weighted by molar-refractivity contribution is 6.61. The molecule has 2 atom stereocenters. The summed E-state index contributed by atoms with van der Waals surface area (Å²) in [6.07, 6.45) is 0.995. The third-order valence-electron chi connectivity index (χ3n) is 4.23. The molecule has 9 heteroatoms. The standard InChI is InChI=1S/C17H23BN2O6/c1-24-17(23)14(20-16(22)13-8-9-15(21)19-13)10-11-4-6-12(7-5-11)18(25-2)26-3/h4-7,13-14H,8-10H2,1-3H3,(H,19,21)(H,20,22)/t13-,14+/m0/s1. The Labute approximate surface area is 152 Å². The molecule has 2 amide bonds. The van der Waals surface area contributed by atoms with Gasteiger partial charge in [0.2, 0.25) is 11.8 Å². The first kappa shape index (κ1) is 19.9. The Kier molecular flexibility index (Phi) is 7.17. The highest BCUT2D eigenvalue weighted by atomic mass is 16.6. The zero-order valence-corrected chi connectivity index (χ0v) is 15.1. The van der Waals surface area contributed by atoms with E-state index in [1.165, 1.54) is 7.11 Å². The van der Waals surface area contributed by atoms with E-state index in [9.17, 15) is 14.4 Å². The van der Waals surface area contributed by atoms with E-state index in [2.05, 4.69) is 10.6 Å². The minimum atomic E-state index is -0.837. The smallest absolute Gasteiger partial charge is 0.467 e. The highest BCUT2D eigenvalue weighted by Crippen LogP contribution is 2.09. The average molecular weight is 362 g/mol. The number of benzene rings is 1. The van der Waals surface area contributed by atoms with Gasteiger partial charge in [-0.3, -0.25) is 9.59 Å². The number of carbonyl (C=O) groups excluding carboxylic acids is 3. The lowest BCUT2D eigenvalue weighted by molar-refractivity contribution is -0.145. The number of amides is 2. The first-order chi connectivity index (χ1) is 12.5. The molecule has 1 heterocycles. The maximum atomic E-state index is 12.3. The Morgan fingerprint density at radius 3 is 2.38 bits per heavy atom. The van der Waals surface area contributed by atoms with Gasteiger partial charge in [0.1, 0.15) is 12.1 Å². The van der Waals surface area contributed by atoms with Crippen LogP contribution in [-0.2, 0) is 34.9 Å². The largest absolute Gasteiger partial charge is 0.493 e. The molecule has 0 bridgehead atoms. The summed E-state index contributed by atoms with van der Waals surface area (Å²) in [5, 5.41) is 5.24. The van der Waals surface area contributed by atoms with Gasteiger partial charge in [0, 0.05) is 27.1 Å². The number of hydrogen-bond donors (Lipinski definition) is 2. The lowest BCUT2D eigenvalue weighted by Crippen LogP contribution is -2.50. The molecular formula is C17H23BN2O6. The molecule has 1 aliphatic heterocycles. The van der Waals surface area contributed by atoms with Gasteiger partial charge in [0.15, 0.2) is 0 Å². The van der Waals surface area contributed by atoms with Gasteiger partial charge >= 0.3 is 13.1 Å². The Morgan fingerprint density at radius 1 is 1.23 bits per heavy atom. The molecule has 0 spiro atoms. The van der Waals surface area contributed by atoms with E-state index < -0.39 is 25.2 Å². The van der Waals surface area contributed by atoms with Crippen LogP contribution in [0.5, 0.6) is 0 Å². The van der Waals surface area contributed by atoms with Crippen LogP contribution in [0.1, 0.15) is 18.4 Å². The van der Waals surface area contributed by atoms with Crippen molar-refractivity contribution in [1.29, 1.82) is 0 Å². The second-order valence-corrected chi connectivity index (χ2v) is 5.99. The van der Waals surface area contributed by atoms with Gasteiger partial charge in [-0.05, 0) is 17.4 Å². The summed E-state index contributed by atoms with van der Waals surface area (Å²) in [5.74, 6) is -1.10. The molecule has 1 fully saturated rings. The van der Waals surface area contributed by atoms with Gasteiger partial charge in [-0.1, -0.05) is 24.3 Å². The van der Waals surface area contributed by atoms with E-state index in [1.807, 2.05) is 24.3 Å². The van der Waals surface area contributed by atoms with Crippen molar-refractivity contribution in [2.75, 3.05) is 21.3 Å². The molecule has 0 aliphatic carbocycles. The van der Waals surface area contributed by atoms with Crippen LogP contribution in [-0.4, -0.2) is 58.3 Å². The number of hydrogen-bond acceptors (Lipinski definition) is 6. The molecule has 1 aliphatic rings. The van der Waals surface area contributed by atoms with Crippen molar-refractivity contribution in [3.8, 4) is 0 Å². The van der Waals surface area contributed by atoms with Crippen LogP contribution >= 0.6 is 0 Å². The lowest BCUT2D eigenvalue weighted by Gasteiger charge is -2.19. The average Bonchev–Trinajstić information content (AvgIpc) is 3.09. The molecule has 8 nitrogen and oxygen atoms in total. The van der Waals surface area contributed by atoms with Crippen LogP contribution in [0.3, 0.4) is 0 Å². The Balaban J connectivity index is 2.04. The minimum absolute atomic E-state index is 0.166. The lowest BCUT2D eigenvalue weighted by atomic mass is 9.78. The molecule has 1 aromatic rings. The SMILES string of the molecule is COB(OC)c1ccc(C[C@@H](NC(=O)[C@@H]2CCC(=O)N2)C(=O)OC)cc1. The van der Waals surface area contributed by atoms with Gasteiger partial charge in [-0.25, -0.2) is 4.79 Å². The molecule has 1 aromatic carbocycles. The van der Waals surface area contributed by atoms with Crippen LogP contribution in [0.2, 0.25) is 0 Å². The van der Waals surface area contributed by atoms with E-state index >= 15 is 0 Å². The maximum Gasteiger partial charge on any atom is 0.493 e. The van der Waals surface area contributed by atoms with E-state index in [0.29, 0.717) is 12.8 Å². The van der Waals surface area contributed by atoms with Crippen LogP contribution in [0.4, 0.5) is 0 Å². The Morgan fingerprint density at radius 2 is 1.88 bits per heavy atom. The first-order valence-corrected chi connectivity index (χ1v) is 8.30. The third kappa shape index (κ3) is 5.06. The summed E-state index contributed by atoms with van der Waals surface area (Å²) in [6.45, 7) is 0. The topological polar surface area (TPSA) is 103 Å². The quantitative estimate of drug-likeness (QED) is 0.462. The van der Waals surface area contributed by atoms with Crippen molar-refractivity contribution in [3.05, 3.63) is 29.8 Å². The van der Waals surface area contributed by atoms with Crippen molar-refractivity contribution >= 4 is 30.4 Å². The number of esters is 1. The number of nitrogens with one attached hydrogen (secondary N) is 2. The summed E-state index contributed by atoms with van der Waals surface area (Å²) in [4.78, 5) is 35.6. The third-order valence-corrected chi connectivity index (χ3v) is 4.23. The van der Waals surface area contributed by atoms with Crippen molar-refractivity contribution in [2.45, 2.75) is 31.3 Å². The number of rotatable bonds is 8. The maximum absolute atomic E-state index is 12.3. The predicted octanol–water partition coefficient (Wildman–Crippen LogP) is -0.846. The molecule has 0 radical (unpaired) electrons. The molecule has 26 heavy (non-hydrogen) atoms. The van der Waals surface area contributed by atoms with Gasteiger partial charge in [-0.2, -0.15) is 0 Å². The summed E-state index contributed by atoms with van der Waals surface area (Å²) >= 11 is 0. The molecular weight excluding hydrogens is 339 g/mol. The number of carbonyl (C=O) groups is 3. The number of methoxy groups -OCH3 is 1. The fourth-order valence-electron chi connectivity index (χ4n) is 2.83. The first-order valence-electron chi connectivity index (χ1n) is 8.30. The van der Waals surface area contributed by atoms with Gasteiger partial charge < -0.3 is 24.7 Å². The fraction of sp³-hybridized carbons (Fsp3) is 0.471. The van der Waals surface area contributed by atoms with Gasteiger partial charge in [0.05, 0.1) is 7.11 Å². The molecule has 2 rings (SSSR count). The van der Waals surface area contributed by atoms with Crippen LogP contribution in [0, 0.1) is 0 Å². The second-order valence-electron chi connectivity index (χ2n) is 5.99. The summed E-state index contributed by atoms with van der Waals surface area (Å²) < 4.78 is 15.2. The summed E-state index contributed by atoms with van der Waals surface area (Å²) in [5.41, 5.74) is 1.68. The van der Waals surface area contributed by atoms with Crippen molar-refractivity contribution in [2.24, 2.45) is 0 Å². The van der Waals surface area contributed by atoms with Crippen molar-refractivity contribution in [1.82, 2.24) is 10.6 Å². The zero-order chi connectivity index (χ0) is 19.1. The van der Waals surface area contributed by atoms with Gasteiger partial charge in [0.25, 0.3) is 0 Å². The summed E-state index contributed by atoms with van der Waals surface area (Å²) in [7, 11) is 3.90. The monoisotopic (exact) mass is 362 g/mol. The van der Waals surface area contributed by atoms with Crippen LogP contribution in [0.25, 0.3) is 0 Å². The molecule has 0 unspecified atom stereocenters. The molecule has 2 N–H and O–H groups in total. The molecule has 140 valence electrons. The Hall–Kier alpha value is -2.39.